The third-order valence-corrected chi connectivity index (χ3v) is 2.15. The molecule has 0 aliphatic carbocycles. The van der Waals surface area contributed by atoms with Gasteiger partial charge in [-0.25, -0.2) is 5.11 Å². The van der Waals surface area contributed by atoms with Crippen LogP contribution in [-0.4, -0.2) is 19.7 Å². The summed E-state index contributed by atoms with van der Waals surface area (Å²) >= 11 is 0. The van der Waals surface area contributed by atoms with Crippen LogP contribution in [0.25, 0.3) is 0 Å². The van der Waals surface area contributed by atoms with Crippen molar-refractivity contribution in [2.24, 2.45) is 0 Å². The topological polar surface area (TPSA) is 38.4 Å². The largest absolute Gasteiger partial charge is 0.356 e. The van der Waals surface area contributed by atoms with Crippen molar-refractivity contribution in [1.82, 2.24) is 0 Å². The zero-order valence-corrected chi connectivity index (χ0v) is 9.62. The van der Waals surface area contributed by atoms with Crippen molar-refractivity contribution in [2.45, 2.75) is 65.0 Å². The molecule has 0 heterocycles. The molecule has 0 bridgehead atoms. The van der Waals surface area contributed by atoms with Gasteiger partial charge < -0.3 is 9.47 Å². The fraction of sp³-hybridized carbons (Fsp3) is 1.00. The molecule has 14 heavy (non-hydrogen) atoms. The smallest absolute Gasteiger partial charge is 0.194 e. The van der Waals surface area contributed by atoms with Crippen molar-refractivity contribution in [1.29, 1.82) is 0 Å². The zero-order chi connectivity index (χ0) is 10.8. The van der Waals surface area contributed by atoms with Gasteiger partial charge in [0.25, 0.3) is 0 Å². The van der Waals surface area contributed by atoms with E-state index < -0.39 is 6.29 Å². The summed E-state index contributed by atoms with van der Waals surface area (Å²) in [4.78, 5) is 0. The lowest BCUT2D eigenvalue weighted by Crippen LogP contribution is -2.22. The van der Waals surface area contributed by atoms with Crippen molar-refractivity contribution < 1.29 is 14.6 Å². The van der Waals surface area contributed by atoms with Gasteiger partial charge >= 0.3 is 0 Å². The molecule has 0 N–H and O–H groups in total. The quantitative estimate of drug-likeness (QED) is 0.540. The highest BCUT2D eigenvalue weighted by Gasteiger charge is 2.13. The molecule has 0 aliphatic rings. The van der Waals surface area contributed by atoms with Crippen LogP contribution in [0.1, 0.15) is 52.4 Å². The normalized spacial score (nSPS) is 15.4. The van der Waals surface area contributed by atoms with Crippen LogP contribution in [0.4, 0.5) is 0 Å². The summed E-state index contributed by atoms with van der Waals surface area (Å²) in [7, 11) is 1.59. The summed E-state index contributed by atoms with van der Waals surface area (Å²) in [5.41, 5.74) is 0. The van der Waals surface area contributed by atoms with Crippen LogP contribution in [-0.2, 0) is 14.6 Å². The third kappa shape index (κ3) is 7.30. The molecule has 85 valence electrons. The molecule has 2 atom stereocenters. The highest BCUT2D eigenvalue weighted by Crippen LogP contribution is 2.11. The fourth-order valence-electron chi connectivity index (χ4n) is 1.22. The van der Waals surface area contributed by atoms with Crippen LogP contribution in [0.3, 0.4) is 0 Å². The second-order valence-electron chi connectivity index (χ2n) is 3.52. The van der Waals surface area contributed by atoms with Gasteiger partial charge in [-0.1, -0.05) is 26.7 Å². The number of ether oxygens (including phenoxy) is 2. The minimum absolute atomic E-state index is 0.311. The highest BCUT2D eigenvalue weighted by atomic mass is 16.7. The van der Waals surface area contributed by atoms with Crippen LogP contribution in [0.5, 0.6) is 0 Å². The lowest BCUT2D eigenvalue weighted by atomic mass is 10.2. The average molecular weight is 203 g/mol. The van der Waals surface area contributed by atoms with Crippen LogP contribution in [0.15, 0.2) is 0 Å². The summed E-state index contributed by atoms with van der Waals surface area (Å²) in [6, 6.07) is 0. The monoisotopic (exact) mass is 203 g/mol. The van der Waals surface area contributed by atoms with Gasteiger partial charge in [0, 0.05) is 13.5 Å². The number of rotatable bonds is 9. The van der Waals surface area contributed by atoms with E-state index in [0.29, 0.717) is 6.42 Å². The molecular weight excluding hydrogens is 180 g/mol. The molecule has 2 unspecified atom stereocenters. The van der Waals surface area contributed by atoms with Crippen LogP contribution >= 0.6 is 0 Å². The second kappa shape index (κ2) is 9.44. The first-order valence-corrected chi connectivity index (χ1v) is 5.58. The van der Waals surface area contributed by atoms with Crippen molar-refractivity contribution in [3.05, 3.63) is 0 Å². The van der Waals surface area contributed by atoms with Crippen molar-refractivity contribution in [3.8, 4) is 0 Å². The molecule has 0 aromatic carbocycles. The molecule has 0 amide bonds. The maximum absolute atomic E-state index is 11.3. The molecule has 0 aromatic rings. The summed E-state index contributed by atoms with van der Waals surface area (Å²) in [5.74, 6) is 0. The molecule has 0 saturated carbocycles. The van der Waals surface area contributed by atoms with E-state index in [1.54, 1.807) is 7.11 Å². The SMILES string of the molecule is CCCCC([O])OC(CCCC)OC. The van der Waals surface area contributed by atoms with E-state index >= 15 is 0 Å². The van der Waals surface area contributed by atoms with Gasteiger partial charge in [0.05, 0.1) is 0 Å². The minimum Gasteiger partial charge on any atom is -0.356 e. The second-order valence-corrected chi connectivity index (χ2v) is 3.52. The Labute approximate surface area is 87.4 Å². The molecule has 3 nitrogen and oxygen atoms in total. The Bertz CT molecular complexity index is 117. The van der Waals surface area contributed by atoms with E-state index in [4.69, 9.17) is 9.47 Å². The first-order chi connectivity index (χ1) is 6.74. The Morgan fingerprint density at radius 2 is 1.64 bits per heavy atom. The average Bonchev–Trinajstić information content (AvgIpc) is 2.21. The van der Waals surface area contributed by atoms with Crippen molar-refractivity contribution in [3.63, 3.8) is 0 Å². The summed E-state index contributed by atoms with van der Waals surface area (Å²) < 4.78 is 10.3. The fourth-order valence-corrected chi connectivity index (χ4v) is 1.22. The standard InChI is InChI=1S/C11H23O3/c1-4-6-8-10(12)14-11(13-3)9-7-5-2/h10-11H,4-9H2,1-3H3. The van der Waals surface area contributed by atoms with E-state index in [9.17, 15) is 5.11 Å². The number of unbranched alkanes of at least 4 members (excludes halogenated alkanes) is 2. The molecule has 3 heteroatoms. The van der Waals surface area contributed by atoms with Gasteiger partial charge in [-0.3, -0.25) is 0 Å². The molecule has 0 saturated heterocycles. The van der Waals surface area contributed by atoms with E-state index in [0.717, 1.165) is 32.1 Å². The summed E-state index contributed by atoms with van der Waals surface area (Å²) in [5, 5.41) is 11.3. The van der Waals surface area contributed by atoms with Crippen molar-refractivity contribution in [2.75, 3.05) is 7.11 Å². The Morgan fingerprint density at radius 1 is 1.07 bits per heavy atom. The molecule has 0 rings (SSSR count). The Kier molecular flexibility index (Phi) is 9.35. The van der Waals surface area contributed by atoms with Gasteiger partial charge in [0.1, 0.15) is 0 Å². The highest BCUT2D eigenvalue weighted by molar-refractivity contribution is 4.48. The van der Waals surface area contributed by atoms with Crippen LogP contribution in [0, 0.1) is 0 Å². The predicted octanol–water partition coefficient (Wildman–Crippen LogP) is 3.11. The predicted molar refractivity (Wildman–Crippen MR) is 55.4 cm³/mol. The van der Waals surface area contributed by atoms with Crippen molar-refractivity contribution >= 4 is 0 Å². The van der Waals surface area contributed by atoms with Gasteiger partial charge in [0.15, 0.2) is 12.6 Å². The molecule has 0 spiro atoms. The minimum atomic E-state index is -0.920. The molecular formula is C11H23O3. The first-order valence-electron chi connectivity index (χ1n) is 5.58. The number of hydrogen-bond acceptors (Lipinski definition) is 2. The third-order valence-electron chi connectivity index (χ3n) is 2.15. The van der Waals surface area contributed by atoms with E-state index in [1.807, 2.05) is 0 Å². The molecule has 0 aliphatic heterocycles. The maximum atomic E-state index is 11.3. The van der Waals surface area contributed by atoms with E-state index in [-0.39, 0.29) is 6.29 Å². The summed E-state index contributed by atoms with van der Waals surface area (Å²) in [6.07, 6.45) is 4.28. The molecule has 1 radical (unpaired) electrons. The van der Waals surface area contributed by atoms with E-state index in [2.05, 4.69) is 13.8 Å². The number of hydrogen-bond donors (Lipinski definition) is 0. The van der Waals surface area contributed by atoms with Gasteiger partial charge in [-0.05, 0) is 19.3 Å². The lowest BCUT2D eigenvalue weighted by molar-refractivity contribution is -0.243. The molecule has 0 fully saturated rings. The lowest BCUT2D eigenvalue weighted by Gasteiger charge is -2.18. The van der Waals surface area contributed by atoms with Gasteiger partial charge in [-0.2, -0.15) is 0 Å². The number of methoxy groups -OCH3 is 1. The molecule has 0 aromatic heterocycles. The van der Waals surface area contributed by atoms with Gasteiger partial charge in [0.2, 0.25) is 0 Å². The van der Waals surface area contributed by atoms with Gasteiger partial charge in [-0.15, -0.1) is 0 Å². The zero-order valence-electron chi connectivity index (χ0n) is 9.62. The van der Waals surface area contributed by atoms with Crippen LogP contribution < -0.4 is 0 Å². The maximum Gasteiger partial charge on any atom is 0.194 e. The summed E-state index contributed by atoms with van der Waals surface area (Å²) in [6.45, 7) is 4.18. The first kappa shape index (κ1) is 13.9. The van der Waals surface area contributed by atoms with Crippen LogP contribution in [0.2, 0.25) is 0 Å². The Hall–Kier alpha value is -0.120. The Balaban J connectivity index is 3.57. The van der Waals surface area contributed by atoms with E-state index in [1.165, 1.54) is 0 Å². The Morgan fingerprint density at radius 3 is 2.14 bits per heavy atom.